The fourth-order valence-corrected chi connectivity index (χ4v) is 2.74. The van der Waals surface area contributed by atoms with Crippen LogP contribution in [0.2, 0.25) is 0 Å². The van der Waals surface area contributed by atoms with Crippen LogP contribution in [0.15, 0.2) is 22.7 Å². The van der Waals surface area contributed by atoms with E-state index in [2.05, 4.69) is 15.9 Å². The second-order valence-corrected chi connectivity index (χ2v) is 5.88. The molecule has 5 heteroatoms. The molecule has 0 aromatic heterocycles. The van der Waals surface area contributed by atoms with Gasteiger partial charge in [0.2, 0.25) is 5.91 Å². The van der Waals surface area contributed by atoms with E-state index >= 15 is 0 Å². The van der Waals surface area contributed by atoms with Crippen molar-refractivity contribution in [3.05, 3.63) is 34.1 Å². The van der Waals surface area contributed by atoms with E-state index in [0.717, 1.165) is 4.47 Å². The third kappa shape index (κ3) is 3.76. The van der Waals surface area contributed by atoms with Gasteiger partial charge in [0.25, 0.3) is 0 Å². The zero-order valence-electron chi connectivity index (χ0n) is 11.0. The molecule has 2 unspecified atom stereocenters. The van der Waals surface area contributed by atoms with Gasteiger partial charge in [-0.15, -0.1) is 0 Å². The van der Waals surface area contributed by atoms with Crippen molar-refractivity contribution >= 4 is 21.8 Å². The van der Waals surface area contributed by atoms with Crippen LogP contribution in [0.4, 0.5) is 4.39 Å². The molecule has 1 aromatic carbocycles. The van der Waals surface area contributed by atoms with Crippen LogP contribution >= 0.6 is 15.9 Å². The van der Waals surface area contributed by atoms with Crippen LogP contribution in [0.1, 0.15) is 19.4 Å². The van der Waals surface area contributed by atoms with Gasteiger partial charge >= 0.3 is 0 Å². The summed E-state index contributed by atoms with van der Waals surface area (Å²) in [6, 6.07) is 4.65. The zero-order chi connectivity index (χ0) is 14.0. The van der Waals surface area contributed by atoms with Crippen LogP contribution in [0.3, 0.4) is 0 Å². The summed E-state index contributed by atoms with van der Waals surface area (Å²) in [6.45, 7) is 5.02. The molecule has 0 bridgehead atoms. The third-order valence-electron chi connectivity index (χ3n) is 3.12. The Morgan fingerprint density at radius 2 is 2.05 bits per heavy atom. The van der Waals surface area contributed by atoms with Crippen molar-refractivity contribution in [3.8, 4) is 0 Å². The van der Waals surface area contributed by atoms with Crippen LogP contribution in [0, 0.1) is 5.82 Å². The Morgan fingerprint density at radius 1 is 1.42 bits per heavy atom. The Labute approximate surface area is 120 Å². The molecule has 3 nitrogen and oxygen atoms in total. The van der Waals surface area contributed by atoms with E-state index in [1.54, 1.807) is 17.0 Å². The predicted molar refractivity (Wildman–Crippen MR) is 74.4 cm³/mol. The lowest BCUT2D eigenvalue weighted by molar-refractivity contribution is -0.142. The summed E-state index contributed by atoms with van der Waals surface area (Å²) in [5, 5.41) is 0. The molecule has 1 aliphatic heterocycles. The fourth-order valence-electron chi connectivity index (χ4n) is 2.34. The van der Waals surface area contributed by atoms with E-state index in [0.29, 0.717) is 18.7 Å². The summed E-state index contributed by atoms with van der Waals surface area (Å²) in [5.74, 6) is -0.398. The summed E-state index contributed by atoms with van der Waals surface area (Å²) in [6.07, 6.45) is 0.144. The molecule has 1 fully saturated rings. The van der Waals surface area contributed by atoms with Crippen LogP contribution in [-0.4, -0.2) is 36.1 Å². The number of benzene rings is 1. The molecule has 1 saturated heterocycles. The molecule has 0 saturated carbocycles. The molecular weight excluding hydrogens is 313 g/mol. The number of morpholine rings is 1. The van der Waals surface area contributed by atoms with Gasteiger partial charge in [0.05, 0.1) is 18.6 Å². The first-order valence-corrected chi connectivity index (χ1v) is 7.12. The Morgan fingerprint density at radius 3 is 2.68 bits per heavy atom. The van der Waals surface area contributed by atoms with Crippen LogP contribution in [-0.2, 0) is 16.0 Å². The molecule has 1 amide bonds. The van der Waals surface area contributed by atoms with Crippen LogP contribution in [0.25, 0.3) is 0 Å². The number of halogens is 2. The molecular formula is C14H17BrFNO2. The fraction of sp³-hybridized carbons (Fsp3) is 0.500. The van der Waals surface area contributed by atoms with E-state index in [4.69, 9.17) is 4.74 Å². The summed E-state index contributed by atoms with van der Waals surface area (Å²) in [7, 11) is 0. The molecule has 1 aliphatic rings. The highest BCUT2D eigenvalue weighted by Crippen LogP contribution is 2.18. The third-order valence-corrected chi connectivity index (χ3v) is 3.62. The maximum Gasteiger partial charge on any atom is 0.227 e. The van der Waals surface area contributed by atoms with E-state index in [-0.39, 0.29) is 30.4 Å². The first-order valence-electron chi connectivity index (χ1n) is 6.33. The van der Waals surface area contributed by atoms with E-state index in [9.17, 15) is 9.18 Å². The first kappa shape index (κ1) is 14.5. The number of carbonyl (C=O) groups excluding carboxylic acids is 1. The van der Waals surface area contributed by atoms with Crippen LogP contribution < -0.4 is 0 Å². The molecule has 19 heavy (non-hydrogen) atoms. The van der Waals surface area contributed by atoms with Gasteiger partial charge in [0.15, 0.2) is 0 Å². The minimum Gasteiger partial charge on any atom is -0.372 e. The van der Waals surface area contributed by atoms with Crippen molar-refractivity contribution < 1.29 is 13.9 Å². The van der Waals surface area contributed by atoms with Gasteiger partial charge < -0.3 is 9.64 Å². The van der Waals surface area contributed by atoms with Gasteiger partial charge in [0.1, 0.15) is 5.82 Å². The van der Waals surface area contributed by atoms with Crippen molar-refractivity contribution in [2.45, 2.75) is 32.5 Å². The topological polar surface area (TPSA) is 29.5 Å². The largest absolute Gasteiger partial charge is 0.372 e. The zero-order valence-corrected chi connectivity index (χ0v) is 12.6. The molecule has 2 rings (SSSR count). The van der Waals surface area contributed by atoms with Crippen LogP contribution in [0.5, 0.6) is 0 Å². The molecule has 0 radical (unpaired) electrons. The Balaban J connectivity index is 2.06. The average Bonchev–Trinajstić information content (AvgIpc) is 2.32. The maximum atomic E-state index is 13.6. The maximum absolute atomic E-state index is 13.6. The number of hydrogen-bond acceptors (Lipinski definition) is 2. The smallest absolute Gasteiger partial charge is 0.227 e. The number of ether oxygens (including phenoxy) is 1. The lowest BCUT2D eigenvalue weighted by Gasteiger charge is -2.35. The van der Waals surface area contributed by atoms with Gasteiger partial charge in [-0.05, 0) is 37.6 Å². The number of rotatable bonds is 2. The second-order valence-electron chi connectivity index (χ2n) is 4.97. The monoisotopic (exact) mass is 329 g/mol. The highest BCUT2D eigenvalue weighted by molar-refractivity contribution is 9.10. The molecule has 0 aliphatic carbocycles. The molecule has 0 N–H and O–H groups in total. The average molecular weight is 330 g/mol. The highest BCUT2D eigenvalue weighted by Gasteiger charge is 2.26. The SMILES string of the molecule is CC1CN(C(=O)Cc2cc(Br)ccc2F)CC(C)O1. The summed E-state index contributed by atoms with van der Waals surface area (Å²) in [5.41, 5.74) is 0.422. The Hall–Kier alpha value is -0.940. The summed E-state index contributed by atoms with van der Waals surface area (Å²) >= 11 is 3.29. The van der Waals surface area contributed by atoms with Gasteiger partial charge in [-0.1, -0.05) is 15.9 Å². The van der Waals surface area contributed by atoms with Gasteiger partial charge in [-0.3, -0.25) is 4.79 Å². The molecule has 2 atom stereocenters. The minimum atomic E-state index is -0.342. The normalized spacial score (nSPS) is 23.5. The number of hydrogen-bond donors (Lipinski definition) is 0. The van der Waals surface area contributed by atoms with Crippen molar-refractivity contribution in [2.75, 3.05) is 13.1 Å². The molecule has 104 valence electrons. The Kier molecular flexibility index (Phi) is 4.58. The second kappa shape index (κ2) is 6.01. The van der Waals surface area contributed by atoms with Gasteiger partial charge in [-0.2, -0.15) is 0 Å². The summed E-state index contributed by atoms with van der Waals surface area (Å²) < 4.78 is 20.0. The molecule has 1 heterocycles. The highest BCUT2D eigenvalue weighted by atomic mass is 79.9. The number of amides is 1. The molecule has 0 spiro atoms. The number of nitrogens with zero attached hydrogens (tertiary/aromatic N) is 1. The lowest BCUT2D eigenvalue weighted by Crippen LogP contribution is -2.48. The van der Waals surface area contributed by atoms with Crippen molar-refractivity contribution in [2.24, 2.45) is 0 Å². The molecule has 1 aromatic rings. The Bertz CT molecular complexity index is 471. The van der Waals surface area contributed by atoms with E-state index in [1.807, 2.05) is 13.8 Å². The first-order chi connectivity index (χ1) is 8.95. The summed E-state index contributed by atoms with van der Waals surface area (Å²) in [4.78, 5) is 14.0. The number of carbonyl (C=O) groups is 1. The van der Waals surface area contributed by atoms with E-state index < -0.39 is 0 Å². The standard InChI is InChI=1S/C14H17BrFNO2/c1-9-7-17(8-10(2)19-9)14(18)6-11-5-12(15)3-4-13(11)16/h3-5,9-10H,6-8H2,1-2H3. The lowest BCUT2D eigenvalue weighted by atomic mass is 10.1. The van der Waals surface area contributed by atoms with Crippen molar-refractivity contribution in [3.63, 3.8) is 0 Å². The van der Waals surface area contributed by atoms with Crippen molar-refractivity contribution in [1.29, 1.82) is 0 Å². The van der Waals surface area contributed by atoms with Gasteiger partial charge in [-0.25, -0.2) is 4.39 Å². The minimum absolute atomic E-state index is 0.0278. The van der Waals surface area contributed by atoms with E-state index in [1.165, 1.54) is 6.07 Å². The predicted octanol–water partition coefficient (Wildman–Crippen LogP) is 2.77. The quantitative estimate of drug-likeness (QED) is 0.835. The van der Waals surface area contributed by atoms with Gasteiger partial charge in [0, 0.05) is 17.6 Å². The van der Waals surface area contributed by atoms with Crippen molar-refractivity contribution in [1.82, 2.24) is 4.90 Å².